The average molecular weight is 430 g/mol. The molecule has 168 valence electrons. The van der Waals surface area contributed by atoms with Gasteiger partial charge in [0.1, 0.15) is 12.4 Å². The van der Waals surface area contributed by atoms with Gasteiger partial charge in [0.15, 0.2) is 11.6 Å². The van der Waals surface area contributed by atoms with Gasteiger partial charge in [0.05, 0.1) is 13.7 Å². The van der Waals surface area contributed by atoms with Crippen LogP contribution in [0.4, 0.5) is 17.3 Å². The van der Waals surface area contributed by atoms with E-state index in [0.29, 0.717) is 37.5 Å². The monoisotopic (exact) mass is 429 g/mol. The molecule has 31 heavy (non-hydrogen) atoms. The molecular formula is C22H31N5O4. The molecule has 2 aromatic rings. The largest absolute Gasteiger partial charge is 0.469 e. The van der Waals surface area contributed by atoms with E-state index in [1.54, 1.807) is 7.11 Å². The summed E-state index contributed by atoms with van der Waals surface area (Å²) in [4.78, 5) is 25.9. The Labute approximate surface area is 183 Å². The molecule has 0 radical (unpaired) electrons. The van der Waals surface area contributed by atoms with E-state index in [1.807, 2.05) is 29.2 Å². The zero-order chi connectivity index (χ0) is 22.6. The minimum absolute atomic E-state index is 0.200. The molecule has 0 amide bonds. The molecule has 0 aliphatic carbocycles. The highest BCUT2D eigenvalue weighted by Crippen LogP contribution is 2.33. The number of unbranched alkanes of at least 4 members (excludes halogenated alkanes) is 1. The van der Waals surface area contributed by atoms with E-state index in [4.69, 9.17) is 19.9 Å². The number of esters is 1. The number of nitrogens with zero attached hydrogens (tertiary/aromatic N) is 4. The first-order chi connectivity index (χ1) is 15.0. The van der Waals surface area contributed by atoms with Gasteiger partial charge in [0.25, 0.3) is 0 Å². The smallest absolute Gasteiger partial charge is 0.320 e. The second kappa shape index (κ2) is 12.5. The highest BCUT2D eigenvalue weighted by molar-refractivity contribution is 5.75. The van der Waals surface area contributed by atoms with Crippen molar-refractivity contribution in [1.29, 1.82) is 0 Å². The summed E-state index contributed by atoms with van der Waals surface area (Å²) < 4.78 is 15.7. The Balaban J connectivity index is 2.22. The van der Waals surface area contributed by atoms with Crippen LogP contribution in [0.25, 0.3) is 0 Å². The first-order valence-corrected chi connectivity index (χ1v) is 10.2. The number of carbonyl (C=O) groups is 1. The normalized spacial score (nSPS) is 10.5. The summed E-state index contributed by atoms with van der Waals surface area (Å²) in [6.07, 6.45) is 2.87. The summed E-state index contributed by atoms with van der Waals surface area (Å²) in [5, 5.41) is 0. The number of rotatable bonds is 13. The summed E-state index contributed by atoms with van der Waals surface area (Å²) in [6.45, 7) is 6.95. The van der Waals surface area contributed by atoms with Gasteiger partial charge >= 0.3 is 12.0 Å². The lowest BCUT2D eigenvalue weighted by atomic mass is 10.1. The number of hydrogen-bond donors (Lipinski definition) is 1. The molecule has 2 N–H and O–H groups in total. The second-order valence-corrected chi connectivity index (χ2v) is 6.93. The van der Waals surface area contributed by atoms with Crippen LogP contribution < -0.4 is 15.4 Å². The van der Waals surface area contributed by atoms with Crippen LogP contribution in [-0.4, -0.2) is 50.2 Å². The number of nitrogen functional groups attached to an aromatic ring is 1. The van der Waals surface area contributed by atoms with Gasteiger partial charge in [-0.1, -0.05) is 37.6 Å². The van der Waals surface area contributed by atoms with Crippen LogP contribution >= 0.6 is 0 Å². The molecule has 0 unspecified atom stereocenters. The van der Waals surface area contributed by atoms with E-state index in [0.717, 1.165) is 24.0 Å². The van der Waals surface area contributed by atoms with Crippen LogP contribution in [0.2, 0.25) is 0 Å². The number of nitrogens with two attached hydrogens (primary N) is 1. The number of aryl methyl sites for hydroxylation is 1. The van der Waals surface area contributed by atoms with E-state index < -0.39 is 0 Å². The Morgan fingerprint density at radius 1 is 1.19 bits per heavy atom. The maximum Gasteiger partial charge on any atom is 0.320 e. The molecule has 9 heteroatoms. The molecular weight excluding hydrogens is 398 g/mol. The van der Waals surface area contributed by atoms with Crippen LogP contribution in [0, 0.1) is 0 Å². The highest BCUT2D eigenvalue weighted by Gasteiger charge is 2.19. The van der Waals surface area contributed by atoms with E-state index in [-0.39, 0.29) is 24.5 Å². The summed E-state index contributed by atoms with van der Waals surface area (Å²) in [5.74, 6) is 0.467. The topological polar surface area (TPSA) is 112 Å². The van der Waals surface area contributed by atoms with Crippen molar-refractivity contribution in [2.24, 2.45) is 4.99 Å². The van der Waals surface area contributed by atoms with E-state index >= 15 is 0 Å². The van der Waals surface area contributed by atoms with Gasteiger partial charge in [-0.05, 0) is 30.7 Å². The minimum Gasteiger partial charge on any atom is -0.469 e. The average Bonchev–Trinajstić information content (AvgIpc) is 2.78. The number of aliphatic imine (C=N–C) groups is 1. The van der Waals surface area contributed by atoms with Crippen LogP contribution in [0.3, 0.4) is 0 Å². The molecule has 9 nitrogen and oxygen atoms in total. The third kappa shape index (κ3) is 7.21. The Bertz CT molecular complexity index is 858. The summed E-state index contributed by atoms with van der Waals surface area (Å²) in [7, 11) is 3.00. The van der Waals surface area contributed by atoms with Crippen LogP contribution in [0.1, 0.15) is 37.3 Å². The van der Waals surface area contributed by atoms with Gasteiger partial charge < -0.3 is 24.8 Å². The summed E-state index contributed by atoms with van der Waals surface area (Å²) >= 11 is 0. The van der Waals surface area contributed by atoms with E-state index in [2.05, 4.69) is 28.6 Å². The van der Waals surface area contributed by atoms with Crippen LogP contribution in [0.5, 0.6) is 6.01 Å². The Morgan fingerprint density at radius 3 is 2.52 bits per heavy atom. The maximum absolute atomic E-state index is 11.3. The van der Waals surface area contributed by atoms with Crippen molar-refractivity contribution in [3.05, 3.63) is 35.4 Å². The first kappa shape index (κ1) is 24.1. The fourth-order valence-corrected chi connectivity index (χ4v) is 2.90. The number of carbonyl (C=O) groups excluding carboxylic acids is 1. The van der Waals surface area contributed by atoms with Crippen molar-refractivity contribution in [2.45, 2.75) is 39.2 Å². The fourth-order valence-electron chi connectivity index (χ4n) is 2.90. The molecule has 0 atom stereocenters. The minimum atomic E-state index is -0.224. The fraction of sp³-hybridized carbons (Fsp3) is 0.455. The molecule has 0 aliphatic rings. The van der Waals surface area contributed by atoms with Gasteiger partial charge in [-0.2, -0.15) is 9.97 Å². The lowest BCUT2D eigenvalue weighted by Gasteiger charge is -2.25. The van der Waals surface area contributed by atoms with Crippen molar-refractivity contribution >= 4 is 30.0 Å². The number of ether oxygens (including phenoxy) is 3. The van der Waals surface area contributed by atoms with Gasteiger partial charge in [-0.15, -0.1) is 0 Å². The predicted molar refractivity (Wildman–Crippen MR) is 121 cm³/mol. The zero-order valence-corrected chi connectivity index (χ0v) is 18.5. The van der Waals surface area contributed by atoms with Gasteiger partial charge in [-0.3, -0.25) is 9.79 Å². The molecule has 0 bridgehead atoms. The van der Waals surface area contributed by atoms with Crippen molar-refractivity contribution in [2.75, 3.05) is 38.2 Å². The second-order valence-electron chi connectivity index (χ2n) is 6.93. The molecule has 1 aromatic carbocycles. The zero-order valence-electron chi connectivity index (χ0n) is 18.5. The molecule has 0 saturated carbocycles. The summed E-state index contributed by atoms with van der Waals surface area (Å²) in [6, 6.07) is 8.18. The molecule has 1 aromatic heterocycles. The van der Waals surface area contributed by atoms with Crippen LogP contribution in [-0.2, 0) is 27.2 Å². The third-order valence-electron chi connectivity index (χ3n) is 4.59. The predicted octanol–water partition coefficient (Wildman–Crippen LogP) is 3.29. The van der Waals surface area contributed by atoms with Gasteiger partial charge in [-0.25, -0.2) is 0 Å². The first-order valence-electron chi connectivity index (χ1n) is 10.2. The third-order valence-corrected chi connectivity index (χ3v) is 4.59. The van der Waals surface area contributed by atoms with Crippen molar-refractivity contribution < 1.29 is 19.0 Å². The Morgan fingerprint density at radius 2 is 1.90 bits per heavy atom. The number of aromatic nitrogens is 2. The SMILES string of the molecule is C=Nc1c(N)nc(OCCCC)nc1N(COC)Cc1ccc(CCC(=O)OC)cc1. The number of methoxy groups -OCH3 is 2. The van der Waals surface area contributed by atoms with Gasteiger partial charge in [0.2, 0.25) is 0 Å². The standard InChI is InChI=1S/C22H31N5O4/c1-5-6-13-31-22-25-20(23)19(24-2)21(26-22)27(15-29-3)14-17-9-7-16(8-10-17)11-12-18(28)30-4/h7-10H,2,5-6,11-15H2,1,3-4H3,(H2,23,25,26). The molecule has 0 spiro atoms. The molecule has 1 heterocycles. The molecule has 2 rings (SSSR count). The highest BCUT2D eigenvalue weighted by atomic mass is 16.5. The van der Waals surface area contributed by atoms with Crippen molar-refractivity contribution in [3.63, 3.8) is 0 Å². The molecule has 0 aliphatic heterocycles. The number of benzene rings is 1. The quantitative estimate of drug-likeness (QED) is 0.223. The van der Waals surface area contributed by atoms with E-state index in [1.165, 1.54) is 7.11 Å². The van der Waals surface area contributed by atoms with Gasteiger partial charge in [0, 0.05) is 20.1 Å². The molecule has 0 saturated heterocycles. The number of anilines is 2. The van der Waals surface area contributed by atoms with Crippen molar-refractivity contribution in [1.82, 2.24) is 9.97 Å². The Kier molecular flexibility index (Phi) is 9.70. The molecule has 0 fully saturated rings. The Hall–Kier alpha value is -3.20. The van der Waals surface area contributed by atoms with Crippen LogP contribution in [0.15, 0.2) is 29.3 Å². The maximum atomic E-state index is 11.3. The van der Waals surface area contributed by atoms with E-state index in [9.17, 15) is 4.79 Å². The lowest BCUT2D eigenvalue weighted by Crippen LogP contribution is -2.26. The lowest BCUT2D eigenvalue weighted by molar-refractivity contribution is -0.140. The summed E-state index contributed by atoms with van der Waals surface area (Å²) in [5.41, 5.74) is 8.55. The number of hydrogen-bond acceptors (Lipinski definition) is 9. The van der Waals surface area contributed by atoms with Crippen molar-refractivity contribution in [3.8, 4) is 6.01 Å².